The van der Waals surface area contributed by atoms with Gasteiger partial charge in [-0.05, 0) is 71.9 Å². The van der Waals surface area contributed by atoms with Crippen LogP contribution in [-0.2, 0) is 11.0 Å². The van der Waals surface area contributed by atoms with Gasteiger partial charge in [-0.3, -0.25) is 0 Å². The zero-order valence-corrected chi connectivity index (χ0v) is 18.4. The second-order valence-electron chi connectivity index (χ2n) is 6.77. The van der Waals surface area contributed by atoms with E-state index in [2.05, 4.69) is 14.7 Å². The van der Waals surface area contributed by atoms with Crippen LogP contribution in [0.25, 0.3) is 34.3 Å². The van der Waals surface area contributed by atoms with Crippen LogP contribution in [0.2, 0.25) is 0 Å². The Balaban J connectivity index is 1.57. The number of nitrogens with zero attached hydrogens (tertiary/aromatic N) is 1. The molecule has 0 spiro atoms. The van der Waals surface area contributed by atoms with E-state index in [1.54, 1.807) is 31.3 Å². The Morgan fingerprint density at radius 3 is 2.50 bits per heavy atom. The third-order valence-corrected chi connectivity index (χ3v) is 6.50. The number of imidazole rings is 1. The summed E-state index contributed by atoms with van der Waals surface area (Å²) in [4.78, 5) is 8.61. The summed E-state index contributed by atoms with van der Waals surface area (Å²) >= 11 is -0.135. The van der Waals surface area contributed by atoms with Crippen molar-refractivity contribution in [2.75, 3.05) is 7.05 Å². The lowest BCUT2D eigenvalue weighted by atomic mass is 10.1. The van der Waals surface area contributed by atoms with Crippen molar-refractivity contribution in [3.63, 3.8) is 0 Å². The zero-order chi connectivity index (χ0) is 22.7. The number of halogens is 3. The Bertz CT molecular complexity index is 1300. The van der Waals surface area contributed by atoms with Crippen molar-refractivity contribution in [2.45, 2.75) is 15.3 Å². The normalized spacial score (nSPS) is 13.1. The molecule has 164 valence electrons. The van der Waals surface area contributed by atoms with Gasteiger partial charge in [-0.25, -0.2) is 13.9 Å². The summed E-state index contributed by atoms with van der Waals surface area (Å²) in [5.41, 5.74) is -0.158. The van der Waals surface area contributed by atoms with E-state index >= 15 is 0 Å². The molecule has 1 unspecified atom stereocenters. The molecule has 0 aliphatic rings. The van der Waals surface area contributed by atoms with Crippen molar-refractivity contribution < 1.29 is 17.4 Å². The summed E-state index contributed by atoms with van der Waals surface area (Å²) in [6.07, 6.45) is 3.56. The maximum atomic E-state index is 12.4. The molecule has 4 rings (SSSR count). The summed E-state index contributed by atoms with van der Waals surface area (Å²) in [7, 11) is 0.331. The quantitative estimate of drug-likeness (QED) is 0.325. The van der Waals surface area contributed by atoms with Gasteiger partial charge in [0.2, 0.25) is 0 Å². The highest BCUT2D eigenvalue weighted by Crippen LogP contribution is 2.36. The molecular formula is C23H18F3N3OS2. The number of fused-ring (bicyclic) bond motifs is 1. The molecule has 0 amide bonds. The van der Waals surface area contributed by atoms with Gasteiger partial charge in [0, 0.05) is 4.90 Å². The smallest absolute Gasteiger partial charge is 0.338 e. The number of hydrogen-bond donors (Lipinski definition) is 2. The van der Waals surface area contributed by atoms with Crippen LogP contribution in [0, 0.1) is 0 Å². The van der Waals surface area contributed by atoms with Crippen LogP contribution < -0.4 is 4.72 Å². The molecule has 0 radical (unpaired) electrons. The Morgan fingerprint density at radius 2 is 1.78 bits per heavy atom. The van der Waals surface area contributed by atoms with Gasteiger partial charge in [-0.15, -0.1) is 0 Å². The highest BCUT2D eigenvalue weighted by molar-refractivity contribution is 8.00. The first-order valence-corrected chi connectivity index (χ1v) is 11.5. The van der Waals surface area contributed by atoms with Gasteiger partial charge >= 0.3 is 5.51 Å². The molecule has 1 atom stereocenters. The van der Waals surface area contributed by atoms with Crippen molar-refractivity contribution >= 4 is 45.9 Å². The molecule has 0 bridgehead atoms. The topological polar surface area (TPSA) is 57.8 Å². The zero-order valence-electron chi connectivity index (χ0n) is 16.8. The number of alkyl halides is 3. The molecule has 9 heteroatoms. The third kappa shape index (κ3) is 5.29. The van der Waals surface area contributed by atoms with Crippen LogP contribution in [0.3, 0.4) is 0 Å². The molecule has 4 aromatic rings. The van der Waals surface area contributed by atoms with Gasteiger partial charge in [0.25, 0.3) is 0 Å². The van der Waals surface area contributed by atoms with Crippen LogP contribution in [0.5, 0.6) is 0 Å². The maximum absolute atomic E-state index is 12.4. The van der Waals surface area contributed by atoms with Crippen molar-refractivity contribution in [1.82, 2.24) is 14.7 Å². The molecule has 3 aromatic carbocycles. The number of aromatic amines is 1. The fourth-order valence-electron chi connectivity index (χ4n) is 3.21. The fraction of sp³-hybridized carbons (Fsp3) is 0.0870. The van der Waals surface area contributed by atoms with E-state index in [9.17, 15) is 17.4 Å². The van der Waals surface area contributed by atoms with E-state index in [-0.39, 0.29) is 16.7 Å². The molecule has 0 saturated heterocycles. The highest BCUT2D eigenvalue weighted by atomic mass is 32.2. The second-order valence-corrected chi connectivity index (χ2v) is 9.30. The summed E-state index contributed by atoms with van der Waals surface area (Å²) in [6, 6.07) is 19.4. The average molecular weight is 474 g/mol. The van der Waals surface area contributed by atoms with E-state index < -0.39 is 16.5 Å². The first-order chi connectivity index (χ1) is 15.3. The number of hydrogen-bond acceptors (Lipinski definition) is 3. The standard InChI is InChI=1S/C23H18F3N3OS2/c1-27-32(30)21-5-3-2-4-18(21)16-9-12-19-20(14-16)29-22(28-19)13-8-15-6-10-17(11-7-15)31-23(24,25)26/h2-14,27H,1H3,(H,28,29)/b13-8+. The van der Waals surface area contributed by atoms with Gasteiger partial charge in [-0.2, -0.15) is 13.2 Å². The van der Waals surface area contributed by atoms with Gasteiger partial charge in [0.1, 0.15) is 16.8 Å². The van der Waals surface area contributed by atoms with Crippen LogP contribution >= 0.6 is 11.8 Å². The highest BCUT2D eigenvalue weighted by Gasteiger charge is 2.28. The maximum Gasteiger partial charge on any atom is 0.446 e. The van der Waals surface area contributed by atoms with Gasteiger partial charge in [0.05, 0.1) is 15.9 Å². The van der Waals surface area contributed by atoms with E-state index in [4.69, 9.17) is 0 Å². The monoisotopic (exact) mass is 473 g/mol. The van der Waals surface area contributed by atoms with Crippen LogP contribution in [0.4, 0.5) is 13.2 Å². The van der Waals surface area contributed by atoms with Gasteiger partial charge in [0.15, 0.2) is 0 Å². The molecule has 1 aromatic heterocycles. The molecule has 2 N–H and O–H groups in total. The average Bonchev–Trinajstić information content (AvgIpc) is 3.19. The first kappa shape index (κ1) is 22.3. The van der Waals surface area contributed by atoms with Crippen molar-refractivity contribution in [3.05, 3.63) is 78.1 Å². The molecule has 0 saturated carbocycles. The number of aromatic nitrogens is 2. The first-order valence-electron chi connectivity index (χ1n) is 9.54. The van der Waals surface area contributed by atoms with E-state index in [1.807, 2.05) is 42.5 Å². The lowest BCUT2D eigenvalue weighted by Gasteiger charge is -2.08. The summed E-state index contributed by atoms with van der Waals surface area (Å²) in [6.45, 7) is 0. The second kappa shape index (κ2) is 9.32. The predicted molar refractivity (Wildman–Crippen MR) is 124 cm³/mol. The number of nitrogens with one attached hydrogen (secondary N) is 2. The minimum Gasteiger partial charge on any atom is -0.338 e. The summed E-state index contributed by atoms with van der Waals surface area (Å²) in [5.74, 6) is 0.623. The van der Waals surface area contributed by atoms with E-state index in [0.29, 0.717) is 10.7 Å². The van der Waals surface area contributed by atoms with Crippen molar-refractivity contribution in [3.8, 4) is 11.1 Å². The predicted octanol–water partition coefficient (Wildman–Crippen LogP) is 6.25. The molecule has 4 nitrogen and oxygen atoms in total. The van der Waals surface area contributed by atoms with Crippen LogP contribution in [-0.4, -0.2) is 26.7 Å². The Morgan fingerprint density at radius 1 is 1.03 bits per heavy atom. The largest absolute Gasteiger partial charge is 0.446 e. The lowest BCUT2D eigenvalue weighted by Crippen LogP contribution is -2.11. The number of benzene rings is 3. The third-order valence-electron chi connectivity index (χ3n) is 4.63. The molecule has 0 fully saturated rings. The van der Waals surface area contributed by atoms with Gasteiger partial charge in [-0.1, -0.05) is 42.5 Å². The van der Waals surface area contributed by atoms with Crippen molar-refractivity contribution in [2.24, 2.45) is 0 Å². The Kier molecular flexibility index (Phi) is 6.50. The van der Waals surface area contributed by atoms with E-state index in [0.717, 1.165) is 27.7 Å². The minimum atomic E-state index is -4.30. The summed E-state index contributed by atoms with van der Waals surface area (Å²) in [5, 5.41) is 0. The Labute approximate surface area is 189 Å². The van der Waals surface area contributed by atoms with Crippen LogP contribution in [0.1, 0.15) is 11.4 Å². The lowest BCUT2D eigenvalue weighted by molar-refractivity contribution is -0.0328. The number of thioether (sulfide) groups is 1. The number of H-pyrrole nitrogens is 1. The SMILES string of the molecule is CNS(=O)c1ccccc1-c1ccc2nc(/C=C/c3ccc(SC(F)(F)F)cc3)[nH]c2c1. The molecule has 32 heavy (non-hydrogen) atoms. The van der Waals surface area contributed by atoms with E-state index in [1.165, 1.54) is 12.1 Å². The molecule has 0 aliphatic carbocycles. The summed E-state index contributed by atoms with van der Waals surface area (Å²) < 4.78 is 52.4. The molecule has 1 heterocycles. The fourth-order valence-corrected chi connectivity index (χ4v) is 4.56. The Hall–Kier alpha value is -2.88. The van der Waals surface area contributed by atoms with Gasteiger partial charge < -0.3 is 4.98 Å². The molecule has 0 aliphatic heterocycles. The number of rotatable bonds is 6. The van der Waals surface area contributed by atoms with Crippen LogP contribution in [0.15, 0.2) is 76.5 Å². The minimum absolute atomic E-state index is 0.135. The van der Waals surface area contributed by atoms with Crippen molar-refractivity contribution in [1.29, 1.82) is 0 Å². The molecular weight excluding hydrogens is 455 g/mol.